The van der Waals surface area contributed by atoms with Crippen molar-refractivity contribution < 1.29 is 9.53 Å². The summed E-state index contributed by atoms with van der Waals surface area (Å²) >= 11 is 6.43. The molecule has 2 rings (SSSR count). The van der Waals surface area contributed by atoms with Crippen molar-refractivity contribution in [1.82, 2.24) is 9.97 Å². The standard InChI is InChI=1S/C18H28ClN3O2/c1-11(24-12(2)23)16-15(19)17(21-10-20-16)22-14-8-6-13(7-9-14)18(3,4)5/h10-11,13-14H,6-9H2,1-5H3,(H,20,21,22)/t11?,13-,14+. The molecular formula is C18H28ClN3O2. The van der Waals surface area contributed by atoms with Gasteiger partial charge in [-0.25, -0.2) is 9.97 Å². The van der Waals surface area contributed by atoms with Crippen LogP contribution in [0.5, 0.6) is 0 Å². The molecule has 1 N–H and O–H groups in total. The summed E-state index contributed by atoms with van der Waals surface area (Å²) in [6.07, 6.45) is 5.61. The molecule has 1 unspecified atom stereocenters. The minimum absolute atomic E-state index is 0.354. The maximum Gasteiger partial charge on any atom is 0.303 e. The number of carbonyl (C=O) groups is 1. The molecule has 0 saturated heterocycles. The van der Waals surface area contributed by atoms with E-state index in [1.165, 1.54) is 26.1 Å². The van der Waals surface area contributed by atoms with E-state index >= 15 is 0 Å². The lowest BCUT2D eigenvalue weighted by atomic mass is 9.71. The van der Waals surface area contributed by atoms with Crippen molar-refractivity contribution in [2.45, 2.75) is 72.4 Å². The number of anilines is 1. The highest BCUT2D eigenvalue weighted by Gasteiger charge is 2.30. The molecule has 1 aliphatic rings. The van der Waals surface area contributed by atoms with Gasteiger partial charge in [-0.05, 0) is 43.9 Å². The highest BCUT2D eigenvalue weighted by molar-refractivity contribution is 6.33. The minimum Gasteiger partial charge on any atom is -0.456 e. The zero-order valence-electron chi connectivity index (χ0n) is 15.2. The van der Waals surface area contributed by atoms with Gasteiger partial charge in [-0.1, -0.05) is 32.4 Å². The number of halogens is 1. The van der Waals surface area contributed by atoms with E-state index in [0.717, 1.165) is 18.8 Å². The molecule has 1 saturated carbocycles. The van der Waals surface area contributed by atoms with Gasteiger partial charge >= 0.3 is 5.97 Å². The highest BCUT2D eigenvalue weighted by atomic mass is 35.5. The van der Waals surface area contributed by atoms with Crippen LogP contribution in [0.3, 0.4) is 0 Å². The summed E-state index contributed by atoms with van der Waals surface area (Å²) in [5.41, 5.74) is 0.900. The molecule has 0 bridgehead atoms. The Bertz CT molecular complexity index is 578. The van der Waals surface area contributed by atoms with Crippen LogP contribution in [0.25, 0.3) is 0 Å². The quantitative estimate of drug-likeness (QED) is 0.790. The van der Waals surface area contributed by atoms with Crippen molar-refractivity contribution in [3.05, 3.63) is 17.0 Å². The minimum atomic E-state index is -0.491. The Morgan fingerprint density at radius 3 is 2.46 bits per heavy atom. The van der Waals surface area contributed by atoms with Crippen molar-refractivity contribution in [3.63, 3.8) is 0 Å². The second-order valence-electron chi connectivity index (χ2n) is 7.73. The summed E-state index contributed by atoms with van der Waals surface area (Å²) < 4.78 is 5.17. The average Bonchev–Trinajstić information content (AvgIpc) is 2.48. The predicted molar refractivity (Wildman–Crippen MR) is 96.0 cm³/mol. The molecule has 0 aliphatic heterocycles. The SMILES string of the molecule is CC(=O)OC(C)c1ncnc(N[C@H]2CC[C@@H](C(C)(C)C)CC2)c1Cl. The molecule has 0 radical (unpaired) electrons. The summed E-state index contributed by atoms with van der Waals surface area (Å²) in [6, 6.07) is 0.368. The van der Waals surface area contributed by atoms with Gasteiger partial charge in [0.2, 0.25) is 0 Å². The largest absolute Gasteiger partial charge is 0.456 e. The Balaban J connectivity index is 2.02. The Hall–Kier alpha value is -1.36. The average molecular weight is 354 g/mol. The summed E-state index contributed by atoms with van der Waals surface area (Å²) in [7, 11) is 0. The second kappa shape index (κ2) is 7.68. The number of hydrogen-bond donors (Lipinski definition) is 1. The molecule has 1 fully saturated rings. The van der Waals surface area contributed by atoms with Crippen LogP contribution in [0.1, 0.15) is 72.1 Å². The molecule has 24 heavy (non-hydrogen) atoms. The Labute approximate surface area is 149 Å². The molecule has 5 nitrogen and oxygen atoms in total. The van der Waals surface area contributed by atoms with Crippen molar-refractivity contribution in [2.75, 3.05) is 5.32 Å². The summed E-state index contributed by atoms with van der Waals surface area (Å²) in [4.78, 5) is 19.6. The Kier molecular flexibility index (Phi) is 6.07. The van der Waals surface area contributed by atoms with Gasteiger partial charge in [0.1, 0.15) is 29.0 Å². The first kappa shape index (κ1) is 19.0. The van der Waals surface area contributed by atoms with Gasteiger partial charge in [-0.15, -0.1) is 0 Å². The first-order valence-electron chi connectivity index (χ1n) is 8.62. The second-order valence-corrected chi connectivity index (χ2v) is 8.11. The predicted octanol–water partition coefficient (Wildman–Crippen LogP) is 4.77. The van der Waals surface area contributed by atoms with Crippen LogP contribution in [0.4, 0.5) is 5.82 Å². The van der Waals surface area contributed by atoms with Crippen molar-refractivity contribution in [1.29, 1.82) is 0 Å². The number of carbonyl (C=O) groups excluding carboxylic acids is 1. The molecule has 0 spiro atoms. The topological polar surface area (TPSA) is 64.1 Å². The van der Waals surface area contributed by atoms with E-state index in [2.05, 4.69) is 36.1 Å². The van der Waals surface area contributed by atoms with E-state index in [4.69, 9.17) is 16.3 Å². The number of rotatable bonds is 4. The Morgan fingerprint density at radius 1 is 1.29 bits per heavy atom. The van der Waals surface area contributed by atoms with Crippen LogP contribution in [0, 0.1) is 11.3 Å². The van der Waals surface area contributed by atoms with Crippen LogP contribution < -0.4 is 5.32 Å². The monoisotopic (exact) mass is 353 g/mol. The molecule has 1 aliphatic carbocycles. The number of nitrogens with zero attached hydrogens (tertiary/aromatic N) is 2. The molecule has 1 heterocycles. The fourth-order valence-electron chi connectivity index (χ4n) is 3.37. The van der Waals surface area contributed by atoms with Gasteiger partial charge in [0.15, 0.2) is 0 Å². The van der Waals surface area contributed by atoms with Gasteiger partial charge < -0.3 is 10.1 Å². The van der Waals surface area contributed by atoms with E-state index in [-0.39, 0.29) is 5.97 Å². The van der Waals surface area contributed by atoms with E-state index in [1.807, 2.05) is 0 Å². The number of nitrogens with one attached hydrogen (secondary N) is 1. The molecule has 1 aromatic rings. The van der Waals surface area contributed by atoms with Crippen LogP contribution in [0.15, 0.2) is 6.33 Å². The number of aromatic nitrogens is 2. The van der Waals surface area contributed by atoms with E-state index in [9.17, 15) is 4.79 Å². The van der Waals surface area contributed by atoms with E-state index in [1.54, 1.807) is 6.92 Å². The zero-order valence-corrected chi connectivity index (χ0v) is 16.0. The molecule has 1 aromatic heterocycles. The van der Waals surface area contributed by atoms with Crippen LogP contribution in [-0.4, -0.2) is 22.0 Å². The smallest absolute Gasteiger partial charge is 0.303 e. The van der Waals surface area contributed by atoms with Crippen LogP contribution >= 0.6 is 11.6 Å². The van der Waals surface area contributed by atoms with Crippen LogP contribution in [-0.2, 0) is 9.53 Å². The lowest BCUT2D eigenvalue weighted by Crippen LogP contribution is -2.32. The summed E-state index contributed by atoms with van der Waals surface area (Å²) in [5, 5.41) is 3.88. The molecule has 134 valence electrons. The molecule has 0 amide bonds. The molecule has 0 aromatic carbocycles. The van der Waals surface area contributed by atoms with Gasteiger partial charge in [-0.3, -0.25) is 4.79 Å². The molecular weight excluding hydrogens is 326 g/mol. The zero-order chi connectivity index (χ0) is 17.9. The number of ether oxygens (including phenoxy) is 1. The van der Waals surface area contributed by atoms with Gasteiger partial charge in [0.25, 0.3) is 0 Å². The first-order valence-corrected chi connectivity index (χ1v) is 9.00. The first-order chi connectivity index (χ1) is 11.2. The third-order valence-electron chi connectivity index (χ3n) is 4.84. The fourth-order valence-corrected chi connectivity index (χ4v) is 3.68. The lowest BCUT2D eigenvalue weighted by molar-refractivity contribution is -0.145. The third-order valence-corrected chi connectivity index (χ3v) is 5.21. The van der Waals surface area contributed by atoms with Crippen LogP contribution in [0.2, 0.25) is 5.02 Å². The molecule has 1 atom stereocenters. The van der Waals surface area contributed by atoms with Gasteiger partial charge in [0, 0.05) is 13.0 Å². The van der Waals surface area contributed by atoms with Gasteiger partial charge in [-0.2, -0.15) is 0 Å². The van der Waals surface area contributed by atoms with Crippen molar-refractivity contribution >= 4 is 23.4 Å². The molecule has 6 heteroatoms. The van der Waals surface area contributed by atoms with Crippen molar-refractivity contribution in [2.24, 2.45) is 11.3 Å². The fraction of sp³-hybridized carbons (Fsp3) is 0.722. The van der Waals surface area contributed by atoms with Crippen molar-refractivity contribution in [3.8, 4) is 0 Å². The summed E-state index contributed by atoms with van der Waals surface area (Å²) in [6.45, 7) is 10.1. The maximum atomic E-state index is 11.1. The third kappa shape index (κ3) is 4.82. The highest BCUT2D eigenvalue weighted by Crippen LogP contribution is 2.39. The number of hydrogen-bond acceptors (Lipinski definition) is 5. The van der Waals surface area contributed by atoms with Gasteiger partial charge in [0.05, 0.1) is 0 Å². The maximum absolute atomic E-state index is 11.1. The normalized spacial score (nSPS) is 22.8. The summed E-state index contributed by atoms with van der Waals surface area (Å²) in [5.74, 6) is 1.03. The number of esters is 1. The Morgan fingerprint density at radius 2 is 1.92 bits per heavy atom. The van der Waals surface area contributed by atoms with E-state index in [0.29, 0.717) is 28.0 Å². The van der Waals surface area contributed by atoms with E-state index < -0.39 is 6.10 Å². The lowest BCUT2D eigenvalue weighted by Gasteiger charge is -2.37.